The minimum Gasteiger partial charge on any atom is -0.383 e. The number of ether oxygens (including phenoxy) is 1. The fraction of sp³-hybridized carbons (Fsp3) is 0.714. The fourth-order valence-corrected chi connectivity index (χ4v) is 1.69. The van der Waals surface area contributed by atoms with Gasteiger partial charge in [0.2, 0.25) is 5.13 Å². The SMILES string of the molecule is COCC(CCl)Nc1nnc(C)s1. The molecule has 0 amide bonds. The first-order chi connectivity index (χ1) is 6.26. The summed E-state index contributed by atoms with van der Waals surface area (Å²) in [6, 6.07) is 0.0963. The van der Waals surface area contributed by atoms with Crippen molar-refractivity contribution in [3.05, 3.63) is 5.01 Å². The molecule has 0 aromatic carbocycles. The quantitative estimate of drug-likeness (QED) is 0.766. The second-order valence-electron chi connectivity index (χ2n) is 2.58. The van der Waals surface area contributed by atoms with Gasteiger partial charge in [-0.05, 0) is 6.92 Å². The predicted octanol–water partition coefficient (Wildman–Crippen LogP) is 1.51. The van der Waals surface area contributed by atoms with Gasteiger partial charge in [-0.2, -0.15) is 0 Å². The molecule has 4 nitrogen and oxygen atoms in total. The van der Waals surface area contributed by atoms with E-state index >= 15 is 0 Å². The monoisotopic (exact) mass is 221 g/mol. The lowest BCUT2D eigenvalue weighted by molar-refractivity contribution is 0.191. The van der Waals surface area contributed by atoms with Crippen molar-refractivity contribution in [3.63, 3.8) is 0 Å². The van der Waals surface area contributed by atoms with Crippen LogP contribution in [-0.2, 0) is 4.74 Å². The van der Waals surface area contributed by atoms with Crippen molar-refractivity contribution in [1.82, 2.24) is 10.2 Å². The van der Waals surface area contributed by atoms with Gasteiger partial charge in [0.1, 0.15) is 5.01 Å². The molecule has 0 saturated carbocycles. The van der Waals surface area contributed by atoms with Gasteiger partial charge in [0, 0.05) is 13.0 Å². The second kappa shape index (κ2) is 5.36. The molecule has 0 radical (unpaired) electrons. The highest BCUT2D eigenvalue weighted by molar-refractivity contribution is 7.15. The molecule has 74 valence electrons. The van der Waals surface area contributed by atoms with E-state index in [1.807, 2.05) is 6.92 Å². The van der Waals surface area contributed by atoms with Crippen molar-refractivity contribution in [1.29, 1.82) is 0 Å². The van der Waals surface area contributed by atoms with Crippen LogP contribution >= 0.6 is 22.9 Å². The average molecular weight is 222 g/mol. The zero-order chi connectivity index (χ0) is 9.68. The van der Waals surface area contributed by atoms with Crippen LogP contribution in [0.1, 0.15) is 5.01 Å². The standard InChI is InChI=1S/C7H12ClN3OS/c1-5-10-11-7(13-5)9-6(3-8)4-12-2/h6H,3-4H2,1-2H3,(H,9,11). The van der Waals surface area contributed by atoms with Crippen molar-refractivity contribution in [2.24, 2.45) is 0 Å². The highest BCUT2D eigenvalue weighted by Crippen LogP contribution is 2.14. The topological polar surface area (TPSA) is 47.0 Å². The molecule has 0 aliphatic heterocycles. The highest BCUT2D eigenvalue weighted by Gasteiger charge is 2.08. The van der Waals surface area contributed by atoms with Crippen LogP contribution in [0, 0.1) is 6.92 Å². The number of alkyl halides is 1. The van der Waals surface area contributed by atoms with Crippen LogP contribution in [-0.4, -0.2) is 35.8 Å². The summed E-state index contributed by atoms with van der Waals surface area (Å²) in [6.07, 6.45) is 0. The van der Waals surface area contributed by atoms with Crippen molar-refractivity contribution in [2.45, 2.75) is 13.0 Å². The molecule has 0 fully saturated rings. The van der Waals surface area contributed by atoms with Crippen molar-refractivity contribution in [2.75, 3.05) is 24.9 Å². The summed E-state index contributed by atoms with van der Waals surface area (Å²) < 4.78 is 4.98. The lowest BCUT2D eigenvalue weighted by Gasteiger charge is -2.12. The average Bonchev–Trinajstić information content (AvgIpc) is 2.50. The molecule has 6 heteroatoms. The molecule has 1 atom stereocenters. The number of hydrogen-bond acceptors (Lipinski definition) is 5. The van der Waals surface area contributed by atoms with Gasteiger partial charge in [-0.15, -0.1) is 21.8 Å². The summed E-state index contributed by atoms with van der Waals surface area (Å²) in [5.41, 5.74) is 0. The normalized spacial score (nSPS) is 12.8. The molecule has 1 unspecified atom stereocenters. The van der Waals surface area contributed by atoms with Crippen LogP contribution < -0.4 is 5.32 Å². The summed E-state index contributed by atoms with van der Waals surface area (Å²) in [7, 11) is 1.65. The lowest BCUT2D eigenvalue weighted by atomic mass is 10.4. The predicted molar refractivity (Wildman–Crippen MR) is 54.7 cm³/mol. The first-order valence-corrected chi connectivity index (χ1v) is 5.23. The maximum absolute atomic E-state index is 5.72. The molecule has 1 aromatic heterocycles. The number of anilines is 1. The number of nitrogens with one attached hydrogen (secondary N) is 1. The van der Waals surface area contributed by atoms with E-state index in [0.717, 1.165) is 10.1 Å². The minimum absolute atomic E-state index is 0.0963. The Morgan fingerprint density at radius 1 is 1.62 bits per heavy atom. The number of halogens is 1. The summed E-state index contributed by atoms with van der Waals surface area (Å²) >= 11 is 7.23. The van der Waals surface area contributed by atoms with Crippen LogP contribution in [0.2, 0.25) is 0 Å². The van der Waals surface area contributed by atoms with Crippen LogP contribution in [0.5, 0.6) is 0 Å². The van der Waals surface area contributed by atoms with E-state index in [4.69, 9.17) is 16.3 Å². The van der Waals surface area contributed by atoms with Gasteiger partial charge in [0.05, 0.1) is 12.6 Å². The van der Waals surface area contributed by atoms with Crippen molar-refractivity contribution in [3.8, 4) is 0 Å². The Hall–Kier alpha value is -0.390. The second-order valence-corrected chi connectivity index (χ2v) is 4.07. The maximum Gasteiger partial charge on any atom is 0.206 e. The summed E-state index contributed by atoms with van der Waals surface area (Å²) in [5, 5.41) is 12.7. The molecule has 0 bridgehead atoms. The molecule has 0 aliphatic rings. The third-order valence-corrected chi connectivity index (χ3v) is 2.55. The third kappa shape index (κ3) is 3.46. The van der Waals surface area contributed by atoms with Gasteiger partial charge < -0.3 is 10.1 Å². The van der Waals surface area contributed by atoms with Crippen LogP contribution in [0.15, 0.2) is 0 Å². The zero-order valence-corrected chi connectivity index (χ0v) is 9.15. The number of methoxy groups -OCH3 is 1. The first kappa shape index (κ1) is 10.7. The van der Waals surface area contributed by atoms with E-state index in [9.17, 15) is 0 Å². The minimum atomic E-state index is 0.0963. The summed E-state index contributed by atoms with van der Waals surface area (Å²) in [4.78, 5) is 0. The van der Waals surface area contributed by atoms with Gasteiger partial charge in [-0.1, -0.05) is 11.3 Å². The Labute approximate surface area is 86.3 Å². The Kier molecular flexibility index (Phi) is 4.41. The summed E-state index contributed by atoms with van der Waals surface area (Å²) in [6.45, 7) is 2.48. The largest absolute Gasteiger partial charge is 0.383 e. The maximum atomic E-state index is 5.72. The van der Waals surface area contributed by atoms with Crippen molar-refractivity contribution >= 4 is 28.1 Å². The van der Waals surface area contributed by atoms with Crippen molar-refractivity contribution < 1.29 is 4.74 Å². The Bertz CT molecular complexity index is 256. The van der Waals surface area contributed by atoms with Gasteiger partial charge in [0.25, 0.3) is 0 Å². The number of hydrogen-bond donors (Lipinski definition) is 1. The molecular formula is C7H12ClN3OS. The van der Waals surface area contributed by atoms with Crippen LogP contribution in [0.25, 0.3) is 0 Å². The Morgan fingerprint density at radius 2 is 2.38 bits per heavy atom. The molecule has 1 aromatic rings. The van der Waals surface area contributed by atoms with Gasteiger partial charge in [-0.25, -0.2) is 0 Å². The number of nitrogens with zero attached hydrogens (tertiary/aromatic N) is 2. The summed E-state index contributed by atoms with van der Waals surface area (Å²) in [5.74, 6) is 0.493. The molecule has 0 spiro atoms. The molecule has 1 N–H and O–H groups in total. The molecule has 0 aliphatic carbocycles. The van der Waals surface area contributed by atoms with Gasteiger partial charge >= 0.3 is 0 Å². The van der Waals surface area contributed by atoms with E-state index in [2.05, 4.69) is 15.5 Å². The van der Waals surface area contributed by atoms with E-state index in [1.165, 1.54) is 11.3 Å². The molecule has 0 saturated heterocycles. The number of aromatic nitrogens is 2. The molecule has 1 heterocycles. The van der Waals surface area contributed by atoms with E-state index < -0.39 is 0 Å². The molecule has 1 rings (SSSR count). The highest BCUT2D eigenvalue weighted by atomic mass is 35.5. The smallest absolute Gasteiger partial charge is 0.206 e. The van der Waals surface area contributed by atoms with Gasteiger partial charge in [0.15, 0.2) is 0 Å². The fourth-order valence-electron chi connectivity index (χ4n) is 0.855. The van der Waals surface area contributed by atoms with E-state index in [1.54, 1.807) is 7.11 Å². The number of rotatable bonds is 5. The van der Waals surface area contributed by atoms with Gasteiger partial charge in [-0.3, -0.25) is 0 Å². The van der Waals surface area contributed by atoms with Crippen LogP contribution in [0.4, 0.5) is 5.13 Å². The number of aryl methyl sites for hydroxylation is 1. The lowest BCUT2D eigenvalue weighted by Crippen LogP contribution is -2.26. The molecule has 13 heavy (non-hydrogen) atoms. The van der Waals surface area contributed by atoms with Crippen LogP contribution in [0.3, 0.4) is 0 Å². The molecular weight excluding hydrogens is 210 g/mol. The Morgan fingerprint density at radius 3 is 2.85 bits per heavy atom. The third-order valence-electron chi connectivity index (χ3n) is 1.41. The Balaban J connectivity index is 2.46. The first-order valence-electron chi connectivity index (χ1n) is 3.87. The van der Waals surface area contributed by atoms with E-state index in [-0.39, 0.29) is 6.04 Å². The zero-order valence-electron chi connectivity index (χ0n) is 7.58. The van der Waals surface area contributed by atoms with E-state index in [0.29, 0.717) is 12.5 Å².